The van der Waals surface area contributed by atoms with Crippen LogP contribution in [0.5, 0.6) is 0 Å². The van der Waals surface area contributed by atoms with Crippen molar-refractivity contribution < 1.29 is 8.39 Å². The van der Waals surface area contributed by atoms with E-state index in [1.165, 1.54) is 0 Å². The fourth-order valence-electron chi connectivity index (χ4n) is 0.418. The van der Waals surface area contributed by atoms with Gasteiger partial charge in [0.05, 0.1) is 12.4 Å². The summed E-state index contributed by atoms with van der Waals surface area (Å²) in [5, 5.41) is 0. The molecule has 0 aliphatic carbocycles. The van der Waals surface area contributed by atoms with Crippen LogP contribution in [0.3, 0.4) is 0 Å². The molecule has 1 atom stereocenters. The van der Waals surface area contributed by atoms with Crippen LogP contribution < -0.4 is 0 Å². The van der Waals surface area contributed by atoms with Crippen molar-refractivity contribution in [1.82, 2.24) is 0 Å². The molecule has 0 saturated heterocycles. The zero-order valence-corrected chi connectivity index (χ0v) is 7.71. The van der Waals surface area contributed by atoms with Crippen LogP contribution in [0.1, 0.15) is 19.8 Å². The second kappa shape index (κ2) is 7.51. The Hall–Kier alpha value is 0.400. The number of rotatable bonds is 6. The summed E-state index contributed by atoms with van der Waals surface area (Å²) in [6.07, 6.45) is 2.03. The van der Waals surface area contributed by atoms with Crippen LogP contribution in [0.15, 0.2) is 0 Å². The topological polar surface area (TPSA) is 26.3 Å². The molecule has 2 nitrogen and oxygen atoms in total. The Kier molecular flexibility index (Phi) is 7.81. The molecule has 0 bridgehead atoms. The van der Waals surface area contributed by atoms with Gasteiger partial charge >= 0.3 is 0 Å². The lowest BCUT2D eigenvalue weighted by Gasteiger charge is -1.98. The highest BCUT2D eigenvalue weighted by atomic mass is 35.5. The Morgan fingerprint density at radius 3 is 2.80 bits per heavy atom. The van der Waals surface area contributed by atoms with Crippen LogP contribution >= 0.6 is 11.6 Å². The molecule has 0 aromatic carbocycles. The molecule has 0 heterocycles. The lowest BCUT2D eigenvalue weighted by molar-refractivity contribution is 0.339. The molecule has 0 aromatic rings. The zero-order chi connectivity index (χ0) is 7.82. The minimum Gasteiger partial charge on any atom is -0.291 e. The maximum Gasteiger partial charge on any atom is 0.156 e. The van der Waals surface area contributed by atoms with Gasteiger partial charge in [-0.15, -0.1) is 11.6 Å². The number of hydrogen-bond acceptors (Lipinski definition) is 2. The van der Waals surface area contributed by atoms with Gasteiger partial charge in [0, 0.05) is 5.88 Å². The van der Waals surface area contributed by atoms with Crippen LogP contribution in [0.2, 0.25) is 0 Å². The van der Waals surface area contributed by atoms with Gasteiger partial charge in [-0.1, -0.05) is 13.3 Å². The monoisotopic (exact) mass is 184 g/mol. The van der Waals surface area contributed by atoms with Gasteiger partial charge < -0.3 is 0 Å². The Morgan fingerprint density at radius 1 is 1.60 bits per heavy atom. The molecule has 0 fully saturated rings. The lowest BCUT2D eigenvalue weighted by atomic mass is 10.4. The second-order valence-electron chi connectivity index (χ2n) is 1.87. The van der Waals surface area contributed by atoms with E-state index in [1.54, 1.807) is 0 Å². The van der Waals surface area contributed by atoms with Crippen LogP contribution in [-0.2, 0) is 15.3 Å². The van der Waals surface area contributed by atoms with Crippen molar-refractivity contribution in [1.29, 1.82) is 0 Å². The van der Waals surface area contributed by atoms with Crippen molar-refractivity contribution in [3.05, 3.63) is 0 Å². The molecule has 1 unspecified atom stereocenters. The second-order valence-corrected chi connectivity index (χ2v) is 3.50. The molecule has 0 aromatic heterocycles. The Morgan fingerprint density at radius 2 is 2.30 bits per heavy atom. The van der Waals surface area contributed by atoms with E-state index < -0.39 is 11.1 Å². The predicted molar refractivity (Wildman–Crippen MR) is 44.6 cm³/mol. The van der Waals surface area contributed by atoms with Gasteiger partial charge in [0.25, 0.3) is 0 Å². The van der Waals surface area contributed by atoms with Crippen LogP contribution in [0.4, 0.5) is 0 Å². The first-order valence-electron chi connectivity index (χ1n) is 3.39. The van der Waals surface area contributed by atoms with Crippen molar-refractivity contribution in [2.75, 3.05) is 18.2 Å². The smallest absolute Gasteiger partial charge is 0.156 e. The van der Waals surface area contributed by atoms with Gasteiger partial charge in [-0.25, -0.2) is 4.21 Å². The average molecular weight is 185 g/mol. The van der Waals surface area contributed by atoms with Crippen molar-refractivity contribution in [2.45, 2.75) is 19.8 Å². The van der Waals surface area contributed by atoms with E-state index in [9.17, 15) is 4.21 Å². The first kappa shape index (κ1) is 10.4. The molecule has 0 aliphatic heterocycles. The van der Waals surface area contributed by atoms with E-state index in [1.807, 2.05) is 0 Å². The minimum absolute atomic E-state index is 0.402. The molecular weight excluding hydrogens is 172 g/mol. The van der Waals surface area contributed by atoms with Crippen LogP contribution in [0.25, 0.3) is 0 Å². The first-order chi connectivity index (χ1) is 4.81. The van der Waals surface area contributed by atoms with E-state index >= 15 is 0 Å². The summed E-state index contributed by atoms with van der Waals surface area (Å²) < 4.78 is 15.6. The fraction of sp³-hybridized carbons (Fsp3) is 1.00. The molecule has 0 amide bonds. The minimum atomic E-state index is -1.15. The van der Waals surface area contributed by atoms with E-state index in [4.69, 9.17) is 15.8 Å². The SMILES string of the molecule is CCCCOS(=O)CCCl. The van der Waals surface area contributed by atoms with Crippen LogP contribution in [-0.4, -0.2) is 22.4 Å². The summed E-state index contributed by atoms with van der Waals surface area (Å²) in [7, 11) is 0. The summed E-state index contributed by atoms with van der Waals surface area (Å²) in [6.45, 7) is 2.65. The summed E-state index contributed by atoms with van der Waals surface area (Å²) in [5.41, 5.74) is 0. The molecule has 10 heavy (non-hydrogen) atoms. The molecule has 0 rings (SSSR count). The highest BCUT2D eigenvalue weighted by molar-refractivity contribution is 7.80. The van der Waals surface area contributed by atoms with Crippen molar-refractivity contribution in [3.63, 3.8) is 0 Å². The maximum atomic E-state index is 10.7. The van der Waals surface area contributed by atoms with Gasteiger partial charge in [-0.3, -0.25) is 4.18 Å². The van der Waals surface area contributed by atoms with Gasteiger partial charge in [-0.05, 0) is 6.42 Å². The first-order valence-corrected chi connectivity index (χ1v) is 5.16. The molecule has 0 radical (unpaired) electrons. The molecule has 62 valence electrons. The standard InChI is InChI=1S/C6H13ClO2S/c1-2-3-5-9-10(8)6-4-7/h2-6H2,1H3. The molecule has 4 heteroatoms. The highest BCUT2D eigenvalue weighted by Gasteiger charge is 1.96. The number of halogens is 1. The van der Waals surface area contributed by atoms with Crippen molar-refractivity contribution >= 4 is 22.7 Å². The zero-order valence-electron chi connectivity index (χ0n) is 6.14. The van der Waals surface area contributed by atoms with Gasteiger partial charge in [0.15, 0.2) is 11.1 Å². The quantitative estimate of drug-likeness (QED) is 0.464. The van der Waals surface area contributed by atoms with E-state index in [0.29, 0.717) is 18.2 Å². The molecule has 0 saturated carbocycles. The molecule has 0 spiro atoms. The maximum absolute atomic E-state index is 10.7. The number of unbranched alkanes of at least 4 members (excludes halogenated alkanes) is 1. The third-order valence-corrected chi connectivity index (χ3v) is 2.34. The van der Waals surface area contributed by atoms with E-state index in [2.05, 4.69) is 6.92 Å². The van der Waals surface area contributed by atoms with Gasteiger partial charge in [0.2, 0.25) is 0 Å². The average Bonchev–Trinajstić information content (AvgIpc) is 1.89. The third kappa shape index (κ3) is 6.52. The van der Waals surface area contributed by atoms with Crippen LogP contribution in [0, 0.1) is 0 Å². The van der Waals surface area contributed by atoms with Gasteiger partial charge in [0.1, 0.15) is 0 Å². The van der Waals surface area contributed by atoms with Crippen molar-refractivity contribution in [3.8, 4) is 0 Å². The fourth-order valence-corrected chi connectivity index (χ4v) is 1.34. The largest absolute Gasteiger partial charge is 0.291 e. The van der Waals surface area contributed by atoms with E-state index in [-0.39, 0.29) is 0 Å². The number of alkyl halides is 1. The van der Waals surface area contributed by atoms with Crippen molar-refractivity contribution in [2.24, 2.45) is 0 Å². The van der Waals surface area contributed by atoms with Gasteiger partial charge in [-0.2, -0.15) is 0 Å². The molecule has 0 N–H and O–H groups in total. The summed E-state index contributed by atoms with van der Waals surface area (Å²) in [5.74, 6) is 0.837. The molecule has 0 aliphatic rings. The predicted octanol–water partition coefficient (Wildman–Crippen LogP) is 1.71. The summed E-state index contributed by atoms with van der Waals surface area (Å²) >= 11 is 4.18. The normalized spacial score (nSPS) is 13.4. The Balaban J connectivity index is 3.05. The highest BCUT2D eigenvalue weighted by Crippen LogP contribution is 1.92. The third-order valence-electron chi connectivity index (χ3n) is 0.956. The Bertz CT molecular complexity index is 97.7. The summed E-state index contributed by atoms with van der Waals surface area (Å²) in [4.78, 5) is 0. The Labute approximate surface area is 69.6 Å². The molecular formula is C6H13ClO2S. The lowest BCUT2D eigenvalue weighted by Crippen LogP contribution is -2.04. The van der Waals surface area contributed by atoms with E-state index in [0.717, 1.165) is 12.8 Å². The summed E-state index contributed by atoms with van der Waals surface area (Å²) in [6, 6.07) is 0. The number of hydrogen-bond donors (Lipinski definition) is 0.